The van der Waals surface area contributed by atoms with E-state index in [0.29, 0.717) is 12.1 Å². The summed E-state index contributed by atoms with van der Waals surface area (Å²) in [7, 11) is 0. The lowest BCUT2D eigenvalue weighted by Crippen LogP contribution is -2.36. The predicted octanol–water partition coefficient (Wildman–Crippen LogP) is 2.48. The number of aliphatic hydroxyl groups is 1. The van der Waals surface area contributed by atoms with Gasteiger partial charge in [-0.05, 0) is 36.6 Å². The van der Waals surface area contributed by atoms with Gasteiger partial charge < -0.3 is 10.0 Å². The molecule has 1 aromatic carbocycles. The Morgan fingerprint density at radius 2 is 2.37 bits per heavy atom. The molecule has 2 rings (SSSR count). The maximum absolute atomic E-state index is 13.0. The molecule has 1 heterocycles. The molecular formula is C14H15ClFNO2. The van der Waals surface area contributed by atoms with Crippen LogP contribution in [0.15, 0.2) is 24.3 Å². The van der Waals surface area contributed by atoms with Crippen molar-refractivity contribution in [2.45, 2.75) is 18.9 Å². The number of benzene rings is 1. The van der Waals surface area contributed by atoms with E-state index in [1.807, 2.05) is 0 Å². The third-order valence-corrected chi connectivity index (χ3v) is 3.52. The van der Waals surface area contributed by atoms with E-state index in [4.69, 9.17) is 16.7 Å². The van der Waals surface area contributed by atoms with Crippen molar-refractivity contribution in [3.8, 4) is 0 Å². The number of aliphatic hydroxyl groups excluding tert-OH is 1. The second kappa shape index (κ2) is 6.17. The van der Waals surface area contributed by atoms with Crippen molar-refractivity contribution < 1.29 is 14.3 Å². The van der Waals surface area contributed by atoms with Crippen LogP contribution < -0.4 is 0 Å². The van der Waals surface area contributed by atoms with Crippen LogP contribution in [0.1, 0.15) is 18.4 Å². The molecule has 1 N–H and O–H groups in total. The molecule has 5 heteroatoms. The molecule has 0 spiro atoms. The van der Waals surface area contributed by atoms with Gasteiger partial charge in [0.2, 0.25) is 5.91 Å². The first kappa shape index (κ1) is 14.0. The van der Waals surface area contributed by atoms with E-state index in [2.05, 4.69) is 0 Å². The molecule has 0 saturated carbocycles. The van der Waals surface area contributed by atoms with Crippen molar-refractivity contribution in [1.82, 2.24) is 4.90 Å². The number of hydrogen-bond acceptors (Lipinski definition) is 2. The average Bonchev–Trinajstić information content (AvgIpc) is 2.88. The number of halogens is 2. The highest BCUT2D eigenvalue weighted by atomic mass is 35.5. The fourth-order valence-electron chi connectivity index (χ4n) is 2.19. The molecule has 1 atom stereocenters. The molecular weight excluding hydrogens is 269 g/mol. The van der Waals surface area contributed by atoms with Gasteiger partial charge in [0, 0.05) is 12.6 Å². The van der Waals surface area contributed by atoms with Gasteiger partial charge in [0.25, 0.3) is 0 Å². The van der Waals surface area contributed by atoms with Crippen LogP contribution in [-0.4, -0.2) is 35.1 Å². The number of nitrogens with zero attached hydrogens (tertiary/aromatic N) is 1. The molecule has 0 bridgehead atoms. The van der Waals surface area contributed by atoms with Crippen LogP contribution in [0, 0.1) is 5.82 Å². The summed E-state index contributed by atoms with van der Waals surface area (Å²) in [6, 6.07) is 4.19. The summed E-state index contributed by atoms with van der Waals surface area (Å²) in [5, 5.41) is 9.19. The first-order chi connectivity index (χ1) is 9.11. The molecule has 1 amide bonds. The van der Waals surface area contributed by atoms with E-state index in [0.717, 1.165) is 12.8 Å². The minimum absolute atomic E-state index is 0.0119. The molecule has 0 aromatic heterocycles. The van der Waals surface area contributed by atoms with Crippen LogP contribution in [0.5, 0.6) is 0 Å². The summed E-state index contributed by atoms with van der Waals surface area (Å²) >= 11 is 5.66. The number of amides is 1. The normalized spacial score (nSPS) is 19.3. The minimum atomic E-state index is -0.481. The lowest BCUT2D eigenvalue weighted by Gasteiger charge is -2.21. The molecule has 19 heavy (non-hydrogen) atoms. The summed E-state index contributed by atoms with van der Waals surface area (Å²) in [4.78, 5) is 13.6. The molecule has 1 aromatic rings. The zero-order valence-corrected chi connectivity index (χ0v) is 11.1. The second-order valence-electron chi connectivity index (χ2n) is 4.52. The van der Waals surface area contributed by atoms with Crippen LogP contribution >= 0.6 is 11.6 Å². The smallest absolute Gasteiger partial charge is 0.246 e. The number of carbonyl (C=O) groups is 1. The predicted molar refractivity (Wildman–Crippen MR) is 72.3 cm³/mol. The quantitative estimate of drug-likeness (QED) is 0.866. The van der Waals surface area contributed by atoms with Gasteiger partial charge in [-0.1, -0.05) is 17.7 Å². The zero-order valence-electron chi connectivity index (χ0n) is 10.4. The SMILES string of the molecule is O=C(/C=C/c1ccc(F)c(Cl)c1)N1CCCC1CO. The third kappa shape index (κ3) is 3.33. The maximum Gasteiger partial charge on any atom is 0.246 e. The van der Waals surface area contributed by atoms with Crippen molar-refractivity contribution in [2.75, 3.05) is 13.2 Å². The lowest BCUT2D eigenvalue weighted by atomic mass is 10.2. The van der Waals surface area contributed by atoms with Crippen LogP contribution in [0.25, 0.3) is 6.08 Å². The van der Waals surface area contributed by atoms with Crippen molar-refractivity contribution in [3.63, 3.8) is 0 Å². The van der Waals surface area contributed by atoms with Gasteiger partial charge in [-0.2, -0.15) is 0 Å². The average molecular weight is 284 g/mol. The molecule has 0 aliphatic carbocycles. The Bertz CT molecular complexity index is 504. The molecule has 3 nitrogen and oxygen atoms in total. The van der Waals surface area contributed by atoms with Crippen LogP contribution in [0.3, 0.4) is 0 Å². The Morgan fingerprint density at radius 1 is 1.58 bits per heavy atom. The van der Waals surface area contributed by atoms with Crippen molar-refractivity contribution in [3.05, 3.63) is 40.7 Å². The minimum Gasteiger partial charge on any atom is -0.394 e. The number of hydrogen-bond donors (Lipinski definition) is 1. The highest BCUT2D eigenvalue weighted by Crippen LogP contribution is 2.19. The summed E-state index contributed by atoms with van der Waals surface area (Å²) in [5.74, 6) is -0.623. The largest absolute Gasteiger partial charge is 0.394 e. The molecule has 102 valence electrons. The lowest BCUT2D eigenvalue weighted by molar-refractivity contribution is -0.127. The van der Waals surface area contributed by atoms with Gasteiger partial charge in [0.15, 0.2) is 0 Å². The molecule has 0 radical (unpaired) electrons. The Hall–Kier alpha value is -1.39. The fourth-order valence-corrected chi connectivity index (χ4v) is 2.38. The molecule has 1 aliphatic rings. The number of likely N-dealkylation sites (tertiary alicyclic amines) is 1. The Morgan fingerprint density at radius 3 is 3.05 bits per heavy atom. The number of rotatable bonds is 3. The van der Waals surface area contributed by atoms with Gasteiger partial charge in [-0.3, -0.25) is 4.79 Å². The van der Waals surface area contributed by atoms with Gasteiger partial charge >= 0.3 is 0 Å². The first-order valence-electron chi connectivity index (χ1n) is 6.16. The summed E-state index contributed by atoms with van der Waals surface area (Å²) in [6.45, 7) is 0.653. The topological polar surface area (TPSA) is 40.5 Å². The van der Waals surface area contributed by atoms with Gasteiger partial charge in [0.05, 0.1) is 17.7 Å². The third-order valence-electron chi connectivity index (χ3n) is 3.23. The molecule has 1 unspecified atom stereocenters. The molecule has 1 fully saturated rings. The Labute approximate surface area is 116 Å². The highest BCUT2D eigenvalue weighted by Gasteiger charge is 2.26. The Kier molecular flexibility index (Phi) is 4.56. The zero-order chi connectivity index (χ0) is 13.8. The van der Waals surface area contributed by atoms with Crippen molar-refractivity contribution in [1.29, 1.82) is 0 Å². The summed E-state index contributed by atoms with van der Waals surface area (Å²) in [6.07, 6.45) is 4.77. The first-order valence-corrected chi connectivity index (χ1v) is 6.54. The second-order valence-corrected chi connectivity index (χ2v) is 4.92. The van der Waals surface area contributed by atoms with Crippen molar-refractivity contribution >= 4 is 23.6 Å². The number of carbonyl (C=O) groups excluding carboxylic acids is 1. The molecule has 1 aliphatic heterocycles. The Balaban J connectivity index is 2.05. The maximum atomic E-state index is 13.0. The van der Waals surface area contributed by atoms with Crippen LogP contribution in [0.4, 0.5) is 4.39 Å². The van der Waals surface area contributed by atoms with Crippen LogP contribution in [-0.2, 0) is 4.79 Å². The van der Waals surface area contributed by atoms with E-state index in [9.17, 15) is 9.18 Å². The van der Waals surface area contributed by atoms with E-state index in [-0.39, 0.29) is 23.6 Å². The fraction of sp³-hybridized carbons (Fsp3) is 0.357. The van der Waals surface area contributed by atoms with Crippen LogP contribution in [0.2, 0.25) is 5.02 Å². The highest BCUT2D eigenvalue weighted by molar-refractivity contribution is 6.30. The van der Waals surface area contributed by atoms with E-state index in [1.165, 1.54) is 18.2 Å². The van der Waals surface area contributed by atoms with E-state index in [1.54, 1.807) is 17.0 Å². The van der Waals surface area contributed by atoms with E-state index < -0.39 is 5.82 Å². The molecule has 1 saturated heterocycles. The van der Waals surface area contributed by atoms with Crippen molar-refractivity contribution in [2.24, 2.45) is 0 Å². The monoisotopic (exact) mass is 283 g/mol. The van der Waals surface area contributed by atoms with Gasteiger partial charge in [-0.25, -0.2) is 4.39 Å². The summed E-state index contributed by atoms with van der Waals surface area (Å²) < 4.78 is 13.0. The standard InChI is InChI=1S/C14H15ClFNO2/c15-12-8-10(3-5-13(12)16)4-6-14(19)17-7-1-2-11(17)9-18/h3-6,8,11,18H,1-2,7,9H2/b6-4+. The van der Waals surface area contributed by atoms with Gasteiger partial charge in [0.1, 0.15) is 5.82 Å². The van der Waals surface area contributed by atoms with Gasteiger partial charge in [-0.15, -0.1) is 0 Å². The summed E-state index contributed by atoms with van der Waals surface area (Å²) in [5.41, 5.74) is 0.666. The van der Waals surface area contributed by atoms with E-state index >= 15 is 0 Å².